The zero-order chi connectivity index (χ0) is 27.0. The quantitative estimate of drug-likeness (QED) is 0.363. The predicted octanol–water partition coefficient (Wildman–Crippen LogP) is 2.06. The monoisotopic (exact) mass is 558 g/mol. The van der Waals surface area contributed by atoms with Crippen molar-refractivity contribution in [2.45, 2.75) is 60.9 Å². The van der Waals surface area contributed by atoms with Crippen LogP contribution in [0.15, 0.2) is 28.4 Å². The minimum atomic E-state index is -0.176. The minimum absolute atomic E-state index is 0.0320. The lowest BCUT2D eigenvalue weighted by Gasteiger charge is -2.41. The highest BCUT2D eigenvalue weighted by atomic mass is 32.2. The number of fused-ring (bicyclic) bond motifs is 3. The Kier molecular flexibility index (Phi) is 7.84. The summed E-state index contributed by atoms with van der Waals surface area (Å²) in [5, 5.41) is 10.9. The standard InChI is InChI=1S/C27H38N6O5S/c1-17-24(28)27(15-38-17)4-7-32(8-5-27)25-20(12-34)31-22(10-30-25)39-21-3-6-29-26-23(21)37-14-19-9-18(11-33(19)26)13-36-16-35-2/h3,6,10,17-19,24,34H,4-5,7-9,11-16,28H2,1-2H3/t17-,18?,19?,24+/m0/s1. The van der Waals surface area contributed by atoms with Crippen LogP contribution in [-0.4, -0.2) is 91.6 Å². The molecule has 6 heterocycles. The predicted molar refractivity (Wildman–Crippen MR) is 146 cm³/mol. The van der Waals surface area contributed by atoms with Crippen molar-refractivity contribution < 1.29 is 24.1 Å². The number of piperidine rings is 1. The number of aromatic nitrogens is 3. The Morgan fingerprint density at radius 1 is 1.26 bits per heavy atom. The van der Waals surface area contributed by atoms with Gasteiger partial charge >= 0.3 is 0 Å². The molecule has 39 heavy (non-hydrogen) atoms. The van der Waals surface area contributed by atoms with Crippen molar-refractivity contribution in [3.8, 4) is 5.75 Å². The molecule has 0 aliphatic carbocycles. The average molecular weight is 559 g/mol. The van der Waals surface area contributed by atoms with Gasteiger partial charge in [-0.05, 0) is 32.3 Å². The van der Waals surface area contributed by atoms with Gasteiger partial charge in [-0.2, -0.15) is 0 Å². The van der Waals surface area contributed by atoms with E-state index >= 15 is 0 Å². The molecular weight excluding hydrogens is 520 g/mol. The molecule has 0 aromatic carbocycles. The second-order valence-electron chi connectivity index (χ2n) is 11.1. The molecular formula is C27H38N6O5S. The fourth-order valence-electron chi connectivity index (χ4n) is 6.44. The van der Waals surface area contributed by atoms with Gasteiger partial charge in [-0.25, -0.2) is 15.0 Å². The summed E-state index contributed by atoms with van der Waals surface area (Å²) in [6.45, 7) is 6.70. The Morgan fingerprint density at radius 2 is 2.10 bits per heavy atom. The van der Waals surface area contributed by atoms with Crippen molar-refractivity contribution in [1.29, 1.82) is 0 Å². The van der Waals surface area contributed by atoms with Crippen molar-refractivity contribution in [2.24, 2.45) is 17.1 Å². The number of methoxy groups -OCH3 is 1. The third kappa shape index (κ3) is 5.18. The molecule has 4 atom stereocenters. The highest BCUT2D eigenvalue weighted by Gasteiger charge is 2.48. The SMILES string of the molecule is COCOCC1CC2COc3c(Sc4cnc(N5CCC6(CC5)CO[C@@H](C)[C@H]6N)c(CO)n4)ccnc3N2C1. The molecule has 3 fully saturated rings. The van der Waals surface area contributed by atoms with E-state index in [0.717, 1.165) is 67.8 Å². The van der Waals surface area contributed by atoms with Gasteiger partial charge in [-0.15, -0.1) is 0 Å². The van der Waals surface area contributed by atoms with E-state index in [2.05, 4.69) is 21.7 Å². The molecule has 2 unspecified atom stereocenters. The fraction of sp³-hybridized carbons (Fsp3) is 0.667. The number of hydrogen-bond donors (Lipinski definition) is 2. The van der Waals surface area contributed by atoms with E-state index < -0.39 is 0 Å². The van der Waals surface area contributed by atoms with Crippen LogP contribution in [0.5, 0.6) is 5.75 Å². The van der Waals surface area contributed by atoms with Crippen LogP contribution in [0.3, 0.4) is 0 Å². The zero-order valence-electron chi connectivity index (χ0n) is 22.6. The number of aliphatic hydroxyl groups is 1. The highest BCUT2D eigenvalue weighted by Crippen LogP contribution is 2.45. The summed E-state index contributed by atoms with van der Waals surface area (Å²) in [6, 6.07) is 2.30. The average Bonchev–Trinajstić information content (AvgIpc) is 3.50. The third-order valence-corrected chi connectivity index (χ3v) is 9.61. The summed E-state index contributed by atoms with van der Waals surface area (Å²) >= 11 is 1.49. The summed E-state index contributed by atoms with van der Waals surface area (Å²) in [6.07, 6.45) is 6.59. The number of aliphatic hydroxyl groups excluding tert-OH is 1. The van der Waals surface area contributed by atoms with E-state index in [1.807, 2.05) is 12.3 Å². The van der Waals surface area contributed by atoms with E-state index in [4.69, 9.17) is 34.6 Å². The second kappa shape index (κ2) is 11.3. The van der Waals surface area contributed by atoms with Gasteiger partial charge in [0, 0.05) is 50.3 Å². The molecule has 212 valence electrons. The smallest absolute Gasteiger partial charge is 0.175 e. The summed E-state index contributed by atoms with van der Waals surface area (Å²) < 4.78 is 22.7. The zero-order valence-corrected chi connectivity index (χ0v) is 23.4. The van der Waals surface area contributed by atoms with Gasteiger partial charge in [-0.1, -0.05) is 11.8 Å². The minimum Gasteiger partial charge on any atom is -0.486 e. The molecule has 12 heteroatoms. The topological polar surface area (TPSA) is 128 Å². The van der Waals surface area contributed by atoms with Gasteiger partial charge in [0.15, 0.2) is 17.4 Å². The molecule has 2 aromatic rings. The van der Waals surface area contributed by atoms with Gasteiger partial charge in [0.2, 0.25) is 0 Å². The summed E-state index contributed by atoms with van der Waals surface area (Å²) in [7, 11) is 1.64. The molecule has 0 saturated carbocycles. The Balaban J connectivity index is 1.15. The largest absolute Gasteiger partial charge is 0.486 e. The van der Waals surface area contributed by atoms with E-state index in [1.165, 1.54) is 11.8 Å². The van der Waals surface area contributed by atoms with Gasteiger partial charge in [0.25, 0.3) is 0 Å². The van der Waals surface area contributed by atoms with Crippen molar-refractivity contribution >= 4 is 23.4 Å². The first-order valence-corrected chi connectivity index (χ1v) is 14.5. The number of ether oxygens (including phenoxy) is 4. The Morgan fingerprint density at radius 3 is 2.85 bits per heavy atom. The molecule has 2 aromatic heterocycles. The van der Waals surface area contributed by atoms with E-state index in [0.29, 0.717) is 42.7 Å². The van der Waals surface area contributed by atoms with Crippen molar-refractivity contribution in [2.75, 3.05) is 63.2 Å². The Hall–Kier alpha value is -2.22. The van der Waals surface area contributed by atoms with Crippen LogP contribution in [0.4, 0.5) is 11.6 Å². The number of rotatable bonds is 8. The van der Waals surface area contributed by atoms with Gasteiger partial charge in [0.05, 0.1) is 43.1 Å². The summed E-state index contributed by atoms with van der Waals surface area (Å²) in [4.78, 5) is 19.7. The lowest BCUT2D eigenvalue weighted by atomic mass is 9.73. The molecule has 0 radical (unpaired) electrons. The van der Waals surface area contributed by atoms with Crippen LogP contribution in [-0.2, 0) is 20.8 Å². The van der Waals surface area contributed by atoms with E-state index in [-0.39, 0.29) is 24.2 Å². The van der Waals surface area contributed by atoms with Crippen LogP contribution in [0, 0.1) is 11.3 Å². The van der Waals surface area contributed by atoms with Crippen LogP contribution in [0.25, 0.3) is 0 Å². The molecule has 6 rings (SSSR count). The van der Waals surface area contributed by atoms with Crippen LogP contribution in [0.1, 0.15) is 31.9 Å². The number of anilines is 2. The van der Waals surface area contributed by atoms with Crippen LogP contribution < -0.4 is 20.3 Å². The molecule has 3 N–H and O–H groups in total. The molecule has 11 nitrogen and oxygen atoms in total. The number of nitrogens with two attached hydrogens (primary N) is 1. The van der Waals surface area contributed by atoms with Crippen LogP contribution in [0.2, 0.25) is 0 Å². The third-order valence-electron chi connectivity index (χ3n) is 8.67. The van der Waals surface area contributed by atoms with Crippen molar-refractivity contribution in [1.82, 2.24) is 15.0 Å². The maximum absolute atomic E-state index is 10.2. The number of nitrogens with zero attached hydrogens (tertiary/aromatic N) is 5. The Bertz CT molecular complexity index is 1170. The Labute approximate surface area is 233 Å². The highest BCUT2D eigenvalue weighted by molar-refractivity contribution is 7.99. The summed E-state index contributed by atoms with van der Waals surface area (Å²) in [5.74, 6) is 2.79. The van der Waals surface area contributed by atoms with Crippen molar-refractivity contribution in [3.63, 3.8) is 0 Å². The molecule has 4 aliphatic heterocycles. The molecule has 1 spiro atoms. The van der Waals surface area contributed by atoms with Gasteiger partial charge in [0.1, 0.15) is 24.1 Å². The number of hydrogen-bond acceptors (Lipinski definition) is 12. The van der Waals surface area contributed by atoms with Crippen LogP contribution >= 0.6 is 11.8 Å². The molecule has 3 saturated heterocycles. The first-order valence-electron chi connectivity index (χ1n) is 13.7. The lowest BCUT2D eigenvalue weighted by molar-refractivity contribution is -0.0414. The first kappa shape index (κ1) is 27.0. The maximum Gasteiger partial charge on any atom is 0.175 e. The molecule has 4 aliphatic rings. The first-order chi connectivity index (χ1) is 19.0. The fourth-order valence-corrected chi connectivity index (χ4v) is 7.30. The molecule has 0 bridgehead atoms. The maximum atomic E-state index is 10.2. The second-order valence-corrected chi connectivity index (χ2v) is 12.2. The van der Waals surface area contributed by atoms with Crippen molar-refractivity contribution in [3.05, 3.63) is 24.2 Å². The van der Waals surface area contributed by atoms with E-state index in [9.17, 15) is 5.11 Å². The van der Waals surface area contributed by atoms with E-state index in [1.54, 1.807) is 13.3 Å². The normalized spacial score (nSPS) is 27.5. The number of pyridine rings is 1. The lowest BCUT2D eigenvalue weighted by Crippen LogP contribution is -2.51. The molecule has 0 amide bonds. The van der Waals surface area contributed by atoms with Gasteiger partial charge in [-0.3, -0.25) is 0 Å². The summed E-state index contributed by atoms with van der Waals surface area (Å²) in [5.41, 5.74) is 7.10. The van der Waals surface area contributed by atoms with Gasteiger partial charge < -0.3 is 39.6 Å².